The van der Waals surface area contributed by atoms with E-state index in [0.717, 1.165) is 47.6 Å². The van der Waals surface area contributed by atoms with Crippen molar-refractivity contribution in [2.45, 2.75) is 49.4 Å². The highest BCUT2D eigenvalue weighted by molar-refractivity contribution is 7.99. The molecule has 2 fully saturated rings. The van der Waals surface area contributed by atoms with Crippen LogP contribution in [-0.4, -0.2) is 39.6 Å². The number of carbonyl (C=O) groups excluding carboxylic acids is 1. The molecule has 116 valence electrons. The summed E-state index contributed by atoms with van der Waals surface area (Å²) in [4.78, 5) is 15.0. The molecule has 0 N–H and O–H groups in total. The second kappa shape index (κ2) is 5.61. The molecule has 5 heteroatoms. The molecule has 4 nitrogen and oxygen atoms in total. The topological polar surface area (TPSA) is 46.3 Å². The molecule has 2 saturated heterocycles. The number of hydrogen-bond donors (Lipinski definition) is 0. The third-order valence-corrected chi connectivity index (χ3v) is 6.13. The first-order valence-electron chi connectivity index (χ1n) is 7.93. The van der Waals surface area contributed by atoms with Crippen molar-refractivity contribution in [3.8, 4) is 0 Å². The van der Waals surface area contributed by atoms with Gasteiger partial charge in [0.05, 0.1) is 6.42 Å². The molecule has 22 heavy (non-hydrogen) atoms. The summed E-state index contributed by atoms with van der Waals surface area (Å²) < 4.78 is 5.32. The van der Waals surface area contributed by atoms with Crippen LogP contribution < -0.4 is 0 Å². The number of aromatic nitrogens is 1. The van der Waals surface area contributed by atoms with Gasteiger partial charge in [-0.3, -0.25) is 4.79 Å². The molecule has 2 atom stereocenters. The summed E-state index contributed by atoms with van der Waals surface area (Å²) in [6, 6.07) is 8.62. The summed E-state index contributed by atoms with van der Waals surface area (Å²) in [5.74, 6) is 0.214. The van der Waals surface area contributed by atoms with E-state index in [2.05, 4.69) is 16.3 Å². The lowest BCUT2D eigenvalue weighted by molar-refractivity contribution is -0.134. The fraction of sp³-hybridized carbons (Fsp3) is 0.529. The van der Waals surface area contributed by atoms with Gasteiger partial charge >= 0.3 is 0 Å². The fourth-order valence-electron chi connectivity index (χ4n) is 4.03. The van der Waals surface area contributed by atoms with E-state index in [1.54, 1.807) is 0 Å². The summed E-state index contributed by atoms with van der Waals surface area (Å²) in [7, 11) is 0. The lowest BCUT2D eigenvalue weighted by Crippen LogP contribution is -2.48. The van der Waals surface area contributed by atoms with E-state index in [1.165, 1.54) is 0 Å². The molecule has 2 aliphatic rings. The standard InChI is InChI=1S/C17H20N2O2S/c1-22-13-8-11-6-7-12(9-13)19(11)17(20)10-15-14-4-2-3-5-16(14)21-18-15/h2-5,11-13H,6-10H2,1H3. The predicted octanol–water partition coefficient (Wildman–Crippen LogP) is 3.26. The van der Waals surface area contributed by atoms with E-state index in [0.29, 0.717) is 18.5 Å². The first kappa shape index (κ1) is 14.1. The average Bonchev–Trinajstić information content (AvgIpc) is 3.06. The lowest BCUT2D eigenvalue weighted by atomic mass is 10.0. The predicted molar refractivity (Wildman–Crippen MR) is 87.9 cm³/mol. The van der Waals surface area contributed by atoms with Crippen LogP contribution in [0.1, 0.15) is 31.4 Å². The molecule has 0 spiro atoms. The van der Waals surface area contributed by atoms with Crippen LogP contribution in [0.25, 0.3) is 11.0 Å². The van der Waals surface area contributed by atoms with Crippen molar-refractivity contribution in [1.82, 2.24) is 10.1 Å². The van der Waals surface area contributed by atoms with Crippen molar-refractivity contribution in [3.05, 3.63) is 30.0 Å². The summed E-state index contributed by atoms with van der Waals surface area (Å²) >= 11 is 1.95. The molecule has 2 unspecified atom stereocenters. The van der Waals surface area contributed by atoms with Crippen LogP contribution in [0, 0.1) is 0 Å². The number of hydrogen-bond acceptors (Lipinski definition) is 4. The van der Waals surface area contributed by atoms with Gasteiger partial charge in [-0.15, -0.1) is 0 Å². The van der Waals surface area contributed by atoms with E-state index in [9.17, 15) is 4.79 Å². The zero-order valence-corrected chi connectivity index (χ0v) is 13.5. The average molecular weight is 316 g/mol. The Bertz CT molecular complexity index is 685. The van der Waals surface area contributed by atoms with E-state index in [1.807, 2.05) is 36.0 Å². The Hall–Kier alpha value is -1.49. The quantitative estimate of drug-likeness (QED) is 0.872. The Labute approximate surface area is 134 Å². The molecule has 1 aromatic heterocycles. The second-order valence-electron chi connectivity index (χ2n) is 6.32. The molecule has 4 rings (SSSR count). The van der Waals surface area contributed by atoms with Crippen LogP contribution in [0.4, 0.5) is 0 Å². The molecule has 0 aliphatic carbocycles. The molecule has 1 aromatic carbocycles. The monoisotopic (exact) mass is 316 g/mol. The zero-order chi connectivity index (χ0) is 15.1. The summed E-state index contributed by atoms with van der Waals surface area (Å²) in [6.45, 7) is 0. The van der Waals surface area contributed by atoms with Crippen LogP contribution in [0.5, 0.6) is 0 Å². The van der Waals surface area contributed by atoms with E-state index in [-0.39, 0.29) is 5.91 Å². The van der Waals surface area contributed by atoms with Crippen molar-refractivity contribution in [2.24, 2.45) is 0 Å². The second-order valence-corrected chi connectivity index (χ2v) is 7.46. The van der Waals surface area contributed by atoms with Gasteiger partial charge in [0.1, 0.15) is 5.69 Å². The minimum Gasteiger partial charge on any atom is -0.356 e. The summed E-state index contributed by atoms with van der Waals surface area (Å²) in [5.41, 5.74) is 1.53. The van der Waals surface area contributed by atoms with Crippen LogP contribution >= 0.6 is 11.8 Å². The SMILES string of the molecule is CSC1CC2CCC(C1)N2C(=O)Cc1noc2ccccc12. The van der Waals surface area contributed by atoms with E-state index < -0.39 is 0 Å². The number of amides is 1. The Kier molecular flexibility index (Phi) is 3.60. The highest BCUT2D eigenvalue weighted by Gasteiger charge is 2.42. The Morgan fingerprint density at radius 2 is 2.05 bits per heavy atom. The molecular weight excluding hydrogens is 296 g/mol. The van der Waals surface area contributed by atoms with Gasteiger partial charge in [0.15, 0.2) is 5.58 Å². The minimum atomic E-state index is 0.214. The molecule has 0 radical (unpaired) electrons. The first-order valence-corrected chi connectivity index (χ1v) is 9.22. The van der Waals surface area contributed by atoms with Crippen LogP contribution in [0.15, 0.2) is 28.8 Å². The highest BCUT2D eigenvalue weighted by atomic mass is 32.2. The molecule has 1 amide bonds. The van der Waals surface area contributed by atoms with Gasteiger partial charge in [0.25, 0.3) is 0 Å². The van der Waals surface area contributed by atoms with Crippen LogP contribution in [0.3, 0.4) is 0 Å². The number of carbonyl (C=O) groups is 1. The normalized spacial score (nSPS) is 27.5. The summed E-state index contributed by atoms with van der Waals surface area (Å²) in [5, 5.41) is 5.78. The van der Waals surface area contributed by atoms with E-state index in [4.69, 9.17) is 4.52 Å². The Morgan fingerprint density at radius 1 is 1.32 bits per heavy atom. The van der Waals surface area contributed by atoms with Crippen molar-refractivity contribution < 1.29 is 9.32 Å². The number of piperidine rings is 1. The molecule has 2 aliphatic heterocycles. The zero-order valence-electron chi connectivity index (χ0n) is 12.7. The lowest BCUT2D eigenvalue weighted by Gasteiger charge is -2.38. The van der Waals surface area contributed by atoms with Crippen molar-refractivity contribution >= 4 is 28.6 Å². The van der Waals surface area contributed by atoms with Gasteiger partial charge in [-0.05, 0) is 44.1 Å². The first-order chi connectivity index (χ1) is 10.8. The Balaban J connectivity index is 1.53. The van der Waals surface area contributed by atoms with E-state index >= 15 is 0 Å². The van der Waals surface area contributed by atoms with Gasteiger partial charge < -0.3 is 9.42 Å². The fourth-order valence-corrected chi connectivity index (χ4v) is 4.86. The highest BCUT2D eigenvalue weighted by Crippen LogP contribution is 2.39. The van der Waals surface area contributed by atoms with Crippen LogP contribution in [-0.2, 0) is 11.2 Å². The number of fused-ring (bicyclic) bond motifs is 3. The number of thioether (sulfide) groups is 1. The maximum Gasteiger partial charge on any atom is 0.229 e. The molecule has 3 heterocycles. The molecule has 2 aromatic rings. The largest absolute Gasteiger partial charge is 0.356 e. The van der Waals surface area contributed by atoms with Crippen LogP contribution in [0.2, 0.25) is 0 Å². The maximum atomic E-state index is 12.8. The minimum absolute atomic E-state index is 0.214. The molecular formula is C17H20N2O2S. The number of nitrogens with zero attached hydrogens (tertiary/aromatic N) is 2. The molecule has 2 bridgehead atoms. The van der Waals surface area contributed by atoms with Crippen molar-refractivity contribution in [1.29, 1.82) is 0 Å². The summed E-state index contributed by atoms with van der Waals surface area (Å²) in [6.07, 6.45) is 7.14. The number of benzene rings is 1. The maximum absolute atomic E-state index is 12.8. The van der Waals surface area contributed by atoms with Gasteiger partial charge in [0.2, 0.25) is 5.91 Å². The third-order valence-electron chi connectivity index (χ3n) is 5.08. The van der Waals surface area contributed by atoms with Crippen molar-refractivity contribution in [3.63, 3.8) is 0 Å². The van der Waals surface area contributed by atoms with Crippen molar-refractivity contribution in [2.75, 3.05) is 6.26 Å². The number of para-hydroxylation sites is 1. The van der Waals surface area contributed by atoms with Gasteiger partial charge in [-0.2, -0.15) is 11.8 Å². The third kappa shape index (κ3) is 2.32. The van der Waals surface area contributed by atoms with Gasteiger partial charge in [0, 0.05) is 22.7 Å². The van der Waals surface area contributed by atoms with Gasteiger partial charge in [-0.1, -0.05) is 17.3 Å². The van der Waals surface area contributed by atoms with Gasteiger partial charge in [-0.25, -0.2) is 0 Å². The number of rotatable bonds is 3. The molecule has 0 saturated carbocycles. The Morgan fingerprint density at radius 3 is 2.77 bits per heavy atom. The smallest absolute Gasteiger partial charge is 0.229 e.